The second-order valence-electron chi connectivity index (χ2n) is 4.36. The molecule has 1 aromatic rings. The molecule has 1 aromatic heterocycles. The van der Waals surface area contributed by atoms with Crippen molar-refractivity contribution in [2.24, 2.45) is 0 Å². The highest BCUT2D eigenvalue weighted by atomic mass is 16.2. The fourth-order valence-electron chi connectivity index (χ4n) is 1.99. The zero-order valence-corrected chi connectivity index (χ0v) is 10.1. The Hall–Kier alpha value is -1.65. The molecule has 0 saturated heterocycles. The molecule has 1 heterocycles. The molecule has 0 radical (unpaired) electrons. The van der Waals surface area contributed by atoms with Crippen molar-refractivity contribution in [3.8, 4) is 0 Å². The van der Waals surface area contributed by atoms with Crippen molar-refractivity contribution < 1.29 is 4.79 Å². The smallest absolute Gasteiger partial charge is 0.290 e. The summed E-state index contributed by atoms with van der Waals surface area (Å²) in [7, 11) is 0. The van der Waals surface area contributed by atoms with Crippen molar-refractivity contribution in [1.82, 2.24) is 20.5 Å². The molecule has 17 heavy (non-hydrogen) atoms. The SMILES string of the molecule is Cc1nc(C(=O)NCCC2=CCCCC2)n[nH]1. The first-order valence-electron chi connectivity index (χ1n) is 6.11. The Morgan fingerprint density at radius 2 is 2.41 bits per heavy atom. The maximum atomic E-state index is 11.6. The van der Waals surface area contributed by atoms with E-state index < -0.39 is 0 Å². The fourth-order valence-corrected chi connectivity index (χ4v) is 1.99. The molecule has 1 amide bonds. The summed E-state index contributed by atoms with van der Waals surface area (Å²) in [5, 5.41) is 9.31. The van der Waals surface area contributed by atoms with Gasteiger partial charge in [-0.05, 0) is 39.0 Å². The van der Waals surface area contributed by atoms with Crippen LogP contribution in [0.5, 0.6) is 0 Å². The zero-order chi connectivity index (χ0) is 12.1. The van der Waals surface area contributed by atoms with Gasteiger partial charge in [0.25, 0.3) is 5.91 Å². The molecule has 0 spiro atoms. The van der Waals surface area contributed by atoms with Crippen LogP contribution in [0.25, 0.3) is 0 Å². The number of carbonyl (C=O) groups excluding carboxylic acids is 1. The maximum Gasteiger partial charge on any atom is 0.290 e. The van der Waals surface area contributed by atoms with Crippen LogP contribution in [0.15, 0.2) is 11.6 Å². The van der Waals surface area contributed by atoms with Crippen LogP contribution in [0.3, 0.4) is 0 Å². The minimum absolute atomic E-state index is 0.203. The van der Waals surface area contributed by atoms with Crippen LogP contribution in [0.1, 0.15) is 48.5 Å². The van der Waals surface area contributed by atoms with E-state index in [0.717, 1.165) is 6.42 Å². The van der Waals surface area contributed by atoms with Crippen LogP contribution >= 0.6 is 0 Å². The molecule has 2 rings (SSSR count). The highest BCUT2D eigenvalue weighted by molar-refractivity contribution is 5.90. The number of carbonyl (C=O) groups is 1. The van der Waals surface area contributed by atoms with Gasteiger partial charge < -0.3 is 5.32 Å². The van der Waals surface area contributed by atoms with E-state index in [9.17, 15) is 4.79 Å². The van der Waals surface area contributed by atoms with Gasteiger partial charge >= 0.3 is 0 Å². The van der Waals surface area contributed by atoms with Gasteiger partial charge in [-0.15, -0.1) is 5.10 Å². The molecule has 2 N–H and O–H groups in total. The number of aryl methyl sites for hydroxylation is 1. The van der Waals surface area contributed by atoms with Crippen molar-refractivity contribution in [3.63, 3.8) is 0 Å². The molecular formula is C12H18N4O. The van der Waals surface area contributed by atoms with Gasteiger partial charge in [-0.3, -0.25) is 9.89 Å². The van der Waals surface area contributed by atoms with E-state index in [-0.39, 0.29) is 11.7 Å². The molecule has 0 unspecified atom stereocenters. The van der Waals surface area contributed by atoms with Gasteiger partial charge in [0, 0.05) is 6.54 Å². The average Bonchev–Trinajstić information content (AvgIpc) is 2.77. The highest BCUT2D eigenvalue weighted by Gasteiger charge is 2.10. The first kappa shape index (κ1) is 11.8. The molecular weight excluding hydrogens is 216 g/mol. The molecule has 0 fully saturated rings. The van der Waals surface area contributed by atoms with Crippen LogP contribution in [-0.2, 0) is 0 Å². The summed E-state index contributed by atoms with van der Waals surface area (Å²) in [4.78, 5) is 15.6. The number of nitrogens with one attached hydrogen (secondary N) is 2. The molecule has 0 saturated carbocycles. The first-order chi connectivity index (χ1) is 8.25. The number of aromatic nitrogens is 3. The van der Waals surface area contributed by atoms with Crippen molar-refractivity contribution in [2.75, 3.05) is 6.54 Å². The Morgan fingerprint density at radius 1 is 1.53 bits per heavy atom. The van der Waals surface area contributed by atoms with E-state index in [1.165, 1.54) is 31.3 Å². The van der Waals surface area contributed by atoms with Crippen LogP contribution in [0, 0.1) is 6.92 Å². The number of hydrogen-bond donors (Lipinski definition) is 2. The van der Waals surface area contributed by atoms with Crippen LogP contribution in [0.4, 0.5) is 0 Å². The van der Waals surface area contributed by atoms with Crippen LogP contribution < -0.4 is 5.32 Å². The van der Waals surface area contributed by atoms with Gasteiger partial charge in [0.15, 0.2) is 0 Å². The molecule has 1 aliphatic rings. The van der Waals surface area contributed by atoms with Crippen LogP contribution in [-0.4, -0.2) is 27.6 Å². The average molecular weight is 234 g/mol. The second kappa shape index (κ2) is 5.61. The van der Waals surface area contributed by atoms with E-state index in [1.807, 2.05) is 0 Å². The lowest BCUT2D eigenvalue weighted by Gasteiger charge is -2.12. The lowest BCUT2D eigenvalue weighted by Crippen LogP contribution is -2.26. The predicted molar refractivity (Wildman–Crippen MR) is 64.6 cm³/mol. The monoisotopic (exact) mass is 234 g/mol. The van der Waals surface area contributed by atoms with E-state index >= 15 is 0 Å². The van der Waals surface area contributed by atoms with Gasteiger partial charge in [0.2, 0.25) is 5.82 Å². The molecule has 0 aromatic carbocycles. The van der Waals surface area contributed by atoms with Crippen molar-refractivity contribution in [1.29, 1.82) is 0 Å². The third kappa shape index (κ3) is 3.41. The number of hydrogen-bond acceptors (Lipinski definition) is 3. The summed E-state index contributed by atoms with van der Waals surface area (Å²) in [5.41, 5.74) is 1.46. The number of amides is 1. The number of allylic oxidation sites excluding steroid dienone is 1. The van der Waals surface area contributed by atoms with E-state index in [0.29, 0.717) is 12.4 Å². The van der Waals surface area contributed by atoms with E-state index in [1.54, 1.807) is 6.92 Å². The third-order valence-electron chi connectivity index (χ3n) is 2.92. The maximum absolute atomic E-state index is 11.6. The number of H-pyrrole nitrogens is 1. The number of rotatable bonds is 4. The standard InChI is InChI=1S/C12H18N4O/c1-9-14-11(16-15-9)12(17)13-8-7-10-5-3-2-4-6-10/h5H,2-4,6-8H2,1H3,(H,13,17)(H,14,15,16). The van der Waals surface area contributed by atoms with Crippen LogP contribution in [0.2, 0.25) is 0 Å². The Kier molecular flexibility index (Phi) is 3.90. The summed E-state index contributed by atoms with van der Waals surface area (Å²) >= 11 is 0. The molecule has 0 bridgehead atoms. The third-order valence-corrected chi connectivity index (χ3v) is 2.92. The van der Waals surface area contributed by atoms with Gasteiger partial charge in [-0.2, -0.15) is 0 Å². The fraction of sp³-hybridized carbons (Fsp3) is 0.583. The number of aromatic amines is 1. The minimum Gasteiger partial charge on any atom is -0.349 e. The minimum atomic E-state index is -0.203. The first-order valence-corrected chi connectivity index (χ1v) is 6.11. The molecule has 0 aliphatic heterocycles. The Labute approximate surface area is 101 Å². The van der Waals surface area contributed by atoms with E-state index in [4.69, 9.17) is 0 Å². The quantitative estimate of drug-likeness (QED) is 0.779. The summed E-state index contributed by atoms with van der Waals surface area (Å²) in [5.74, 6) is 0.677. The lowest BCUT2D eigenvalue weighted by atomic mass is 9.97. The Bertz CT molecular complexity index is 422. The largest absolute Gasteiger partial charge is 0.349 e. The second-order valence-corrected chi connectivity index (χ2v) is 4.36. The Morgan fingerprint density at radius 3 is 3.06 bits per heavy atom. The van der Waals surface area contributed by atoms with Gasteiger partial charge in [-0.1, -0.05) is 11.6 Å². The van der Waals surface area contributed by atoms with Crippen molar-refractivity contribution >= 4 is 5.91 Å². The summed E-state index contributed by atoms with van der Waals surface area (Å²) in [6.07, 6.45) is 8.17. The molecule has 1 aliphatic carbocycles. The van der Waals surface area contributed by atoms with Crippen molar-refractivity contribution in [3.05, 3.63) is 23.3 Å². The molecule has 0 atom stereocenters. The van der Waals surface area contributed by atoms with Gasteiger partial charge in [0.1, 0.15) is 5.82 Å². The Balaban J connectivity index is 1.75. The lowest BCUT2D eigenvalue weighted by molar-refractivity contribution is 0.0944. The molecule has 5 heteroatoms. The molecule has 5 nitrogen and oxygen atoms in total. The van der Waals surface area contributed by atoms with E-state index in [2.05, 4.69) is 26.6 Å². The normalized spacial score (nSPS) is 15.5. The molecule has 92 valence electrons. The van der Waals surface area contributed by atoms with Crippen molar-refractivity contribution in [2.45, 2.75) is 39.0 Å². The summed E-state index contributed by atoms with van der Waals surface area (Å²) < 4.78 is 0. The summed E-state index contributed by atoms with van der Waals surface area (Å²) in [6, 6.07) is 0. The summed E-state index contributed by atoms with van der Waals surface area (Å²) in [6.45, 7) is 2.44. The van der Waals surface area contributed by atoms with Gasteiger partial charge in [0.05, 0.1) is 0 Å². The topological polar surface area (TPSA) is 70.7 Å². The van der Waals surface area contributed by atoms with Gasteiger partial charge in [-0.25, -0.2) is 4.98 Å². The predicted octanol–water partition coefficient (Wildman–Crippen LogP) is 1.73. The zero-order valence-electron chi connectivity index (χ0n) is 10.1. The highest BCUT2D eigenvalue weighted by Crippen LogP contribution is 2.19. The number of nitrogens with zero attached hydrogens (tertiary/aromatic N) is 2.